The molecule has 0 saturated carbocycles. The van der Waals surface area contributed by atoms with E-state index in [9.17, 15) is 0 Å². The van der Waals surface area contributed by atoms with E-state index < -0.39 is 0 Å². The number of ether oxygens (including phenoxy) is 1. The van der Waals surface area contributed by atoms with Crippen molar-refractivity contribution in [1.29, 1.82) is 0 Å². The van der Waals surface area contributed by atoms with Crippen molar-refractivity contribution in [2.45, 2.75) is 6.92 Å². The average molecular weight is 471 g/mol. The van der Waals surface area contributed by atoms with Crippen molar-refractivity contribution in [3.8, 4) is 28.6 Å². The van der Waals surface area contributed by atoms with E-state index in [0.29, 0.717) is 5.88 Å². The molecule has 0 amide bonds. The van der Waals surface area contributed by atoms with Gasteiger partial charge in [-0.25, -0.2) is 9.97 Å². The first-order valence-corrected chi connectivity index (χ1v) is 12.0. The molecule has 5 nitrogen and oxygen atoms in total. The molecule has 0 unspecified atom stereocenters. The Morgan fingerprint density at radius 1 is 0.722 bits per heavy atom. The highest BCUT2D eigenvalue weighted by molar-refractivity contribution is 6.10. The Balaban J connectivity index is 1.51. The second kappa shape index (κ2) is 8.86. The molecule has 3 heterocycles. The Bertz CT molecular complexity index is 1700. The Morgan fingerprint density at radius 2 is 1.53 bits per heavy atom. The summed E-state index contributed by atoms with van der Waals surface area (Å²) in [6.07, 6.45) is 3.66. The molecule has 0 fully saturated rings. The Hall–Kier alpha value is -4.64. The number of benzene rings is 3. The second-order valence-electron chi connectivity index (χ2n) is 9.11. The summed E-state index contributed by atoms with van der Waals surface area (Å²) >= 11 is 0. The molecule has 0 atom stereocenters. The van der Waals surface area contributed by atoms with Crippen LogP contribution in [0.3, 0.4) is 0 Å². The summed E-state index contributed by atoms with van der Waals surface area (Å²) in [5.41, 5.74) is 6.67. The van der Waals surface area contributed by atoms with Crippen LogP contribution in [-0.2, 0) is 0 Å². The van der Waals surface area contributed by atoms with Crippen LogP contribution in [0.25, 0.3) is 38.8 Å². The molecule has 3 aromatic carbocycles. The first-order chi connectivity index (χ1) is 17.6. The SMILES string of the molecule is Cc1cc(N(C)C)cnc1-n1c2ccccc2c2ccc(-c3cccc(Oc4ccccn4)c3)cc21. The molecule has 0 aliphatic rings. The molecule has 0 saturated heterocycles. The van der Waals surface area contributed by atoms with Crippen molar-refractivity contribution in [3.05, 3.63) is 109 Å². The summed E-state index contributed by atoms with van der Waals surface area (Å²) in [6, 6.07) is 31.1. The summed E-state index contributed by atoms with van der Waals surface area (Å²) in [4.78, 5) is 11.3. The largest absolute Gasteiger partial charge is 0.439 e. The van der Waals surface area contributed by atoms with Gasteiger partial charge in [-0.2, -0.15) is 0 Å². The third-order valence-corrected chi connectivity index (χ3v) is 6.47. The minimum absolute atomic E-state index is 0.577. The number of nitrogens with zero attached hydrogens (tertiary/aromatic N) is 4. The third kappa shape index (κ3) is 3.85. The molecule has 3 aromatic heterocycles. The molecule has 0 radical (unpaired) electrons. The average Bonchev–Trinajstić information content (AvgIpc) is 3.23. The summed E-state index contributed by atoms with van der Waals surface area (Å²) in [5.74, 6) is 2.27. The van der Waals surface area contributed by atoms with Gasteiger partial charge in [-0.1, -0.05) is 48.5 Å². The Morgan fingerprint density at radius 3 is 2.33 bits per heavy atom. The van der Waals surface area contributed by atoms with E-state index in [4.69, 9.17) is 9.72 Å². The van der Waals surface area contributed by atoms with E-state index in [1.54, 1.807) is 6.20 Å². The topological polar surface area (TPSA) is 43.2 Å². The lowest BCUT2D eigenvalue weighted by Gasteiger charge is -2.16. The molecule has 0 aliphatic heterocycles. The zero-order chi connectivity index (χ0) is 24.6. The lowest BCUT2D eigenvalue weighted by Crippen LogP contribution is -2.10. The van der Waals surface area contributed by atoms with Crippen LogP contribution < -0.4 is 9.64 Å². The minimum Gasteiger partial charge on any atom is -0.439 e. The van der Waals surface area contributed by atoms with E-state index in [1.807, 2.05) is 50.6 Å². The highest BCUT2D eigenvalue weighted by atomic mass is 16.5. The normalized spacial score (nSPS) is 11.2. The van der Waals surface area contributed by atoms with E-state index in [-0.39, 0.29) is 0 Å². The Labute approximate surface area is 210 Å². The van der Waals surface area contributed by atoms with Gasteiger partial charge in [0.2, 0.25) is 5.88 Å². The maximum Gasteiger partial charge on any atom is 0.219 e. The fraction of sp³-hybridized carbons (Fsp3) is 0.0968. The molecule has 0 spiro atoms. The number of aromatic nitrogens is 3. The molecule has 6 aromatic rings. The van der Waals surface area contributed by atoms with Gasteiger partial charge in [-0.15, -0.1) is 0 Å². The van der Waals surface area contributed by atoms with Gasteiger partial charge in [0.1, 0.15) is 11.6 Å². The highest BCUT2D eigenvalue weighted by Gasteiger charge is 2.16. The predicted molar refractivity (Wildman–Crippen MR) is 147 cm³/mol. The maximum absolute atomic E-state index is 5.98. The smallest absolute Gasteiger partial charge is 0.219 e. The molecule has 0 N–H and O–H groups in total. The first-order valence-electron chi connectivity index (χ1n) is 12.0. The quantitative estimate of drug-likeness (QED) is 0.263. The highest BCUT2D eigenvalue weighted by Crippen LogP contribution is 2.36. The third-order valence-electron chi connectivity index (χ3n) is 6.47. The standard InChI is InChI=1S/C31H26N4O/c1-21-17-24(34(2)3)20-33-31(21)35-28-12-5-4-11-26(28)27-15-14-23(19-29(27)35)22-9-8-10-25(18-22)36-30-13-6-7-16-32-30/h4-20H,1-3H3. The lowest BCUT2D eigenvalue weighted by atomic mass is 10.0. The minimum atomic E-state index is 0.577. The monoisotopic (exact) mass is 470 g/mol. The number of para-hydroxylation sites is 1. The number of aryl methyl sites for hydroxylation is 1. The second-order valence-corrected chi connectivity index (χ2v) is 9.11. The van der Waals surface area contributed by atoms with E-state index in [0.717, 1.165) is 45.0 Å². The summed E-state index contributed by atoms with van der Waals surface area (Å²) in [7, 11) is 4.07. The number of rotatable bonds is 5. The number of hydrogen-bond donors (Lipinski definition) is 0. The summed E-state index contributed by atoms with van der Waals surface area (Å²) in [5, 5.41) is 2.41. The van der Waals surface area contributed by atoms with E-state index >= 15 is 0 Å². The van der Waals surface area contributed by atoms with Crippen molar-refractivity contribution >= 4 is 27.5 Å². The summed E-state index contributed by atoms with van der Waals surface area (Å²) in [6.45, 7) is 2.12. The number of pyridine rings is 2. The van der Waals surface area contributed by atoms with E-state index in [2.05, 4.69) is 82.0 Å². The molecule has 5 heteroatoms. The first kappa shape index (κ1) is 21.9. The number of anilines is 1. The zero-order valence-electron chi connectivity index (χ0n) is 20.5. The molecule has 36 heavy (non-hydrogen) atoms. The van der Waals surface area contributed by atoms with Crippen LogP contribution >= 0.6 is 0 Å². The number of fused-ring (bicyclic) bond motifs is 3. The van der Waals surface area contributed by atoms with Gasteiger partial charge in [-0.3, -0.25) is 4.57 Å². The molecule has 176 valence electrons. The summed E-state index contributed by atoms with van der Waals surface area (Å²) < 4.78 is 8.26. The van der Waals surface area contributed by atoms with Gasteiger partial charge in [0.25, 0.3) is 0 Å². The van der Waals surface area contributed by atoms with Gasteiger partial charge >= 0.3 is 0 Å². The van der Waals surface area contributed by atoms with Gasteiger partial charge in [-0.05, 0) is 60.0 Å². The van der Waals surface area contributed by atoms with Crippen LogP contribution in [0.1, 0.15) is 5.56 Å². The maximum atomic E-state index is 5.98. The van der Waals surface area contributed by atoms with Crippen LogP contribution in [0.15, 0.2) is 103 Å². The fourth-order valence-corrected chi connectivity index (χ4v) is 4.68. The van der Waals surface area contributed by atoms with Crippen molar-refractivity contribution < 1.29 is 4.74 Å². The van der Waals surface area contributed by atoms with Crippen molar-refractivity contribution in [2.24, 2.45) is 0 Å². The van der Waals surface area contributed by atoms with Crippen LogP contribution in [0.4, 0.5) is 5.69 Å². The van der Waals surface area contributed by atoms with Crippen molar-refractivity contribution in [1.82, 2.24) is 14.5 Å². The molecule has 0 bridgehead atoms. The van der Waals surface area contributed by atoms with Crippen LogP contribution in [0.2, 0.25) is 0 Å². The van der Waals surface area contributed by atoms with E-state index in [1.165, 1.54) is 10.8 Å². The van der Waals surface area contributed by atoms with Crippen LogP contribution in [0.5, 0.6) is 11.6 Å². The van der Waals surface area contributed by atoms with Gasteiger partial charge < -0.3 is 9.64 Å². The van der Waals surface area contributed by atoms with Crippen molar-refractivity contribution in [2.75, 3.05) is 19.0 Å². The zero-order valence-corrected chi connectivity index (χ0v) is 20.5. The predicted octanol–water partition coefficient (Wildman–Crippen LogP) is 7.41. The fourth-order valence-electron chi connectivity index (χ4n) is 4.68. The van der Waals surface area contributed by atoms with Gasteiger partial charge in [0.05, 0.1) is 22.9 Å². The molecular formula is C31H26N4O. The van der Waals surface area contributed by atoms with Crippen LogP contribution in [-0.4, -0.2) is 28.6 Å². The number of hydrogen-bond acceptors (Lipinski definition) is 4. The molecular weight excluding hydrogens is 444 g/mol. The molecule has 0 aliphatic carbocycles. The van der Waals surface area contributed by atoms with Gasteiger partial charge in [0.15, 0.2) is 0 Å². The van der Waals surface area contributed by atoms with Gasteiger partial charge in [0, 0.05) is 37.1 Å². The molecule has 6 rings (SSSR count). The van der Waals surface area contributed by atoms with Crippen LogP contribution in [0, 0.1) is 6.92 Å². The lowest BCUT2D eigenvalue weighted by molar-refractivity contribution is 0.463. The Kier molecular flexibility index (Phi) is 5.38. The van der Waals surface area contributed by atoms with Crippen molar-refractivity contribution in [3.63, 3.8) is 0 Å².